The number of hydrogen-bond acceptors (Lipinski definition) is 5. The van der Waals surface area contributed by atoms with Crippen molar-refractivity contribution in [2.24, 2.45) is 5.73 Å². The number of primary amides is 1. The summed E-state index contributed by atoms with van der Waals surface area (Å²) in [5, 5.41) is 2.74. The Bertz CT molecular complexity index is 460. The van der Waals surface area contributed by atoms with Crippen LogP contribution in [0.2, 0.25) is 0 Å². The number of amides is 2. The van der Waals surface area contributed by atoms with E-state index in [1.807, 2.05) is 0 Å². The quantitative estimate of drug-likeness (QED) is 0.730. The molecule has 1 fully saturated rings. The van der Waals surface area contributed by atoms with E-state index in [1.54, 1.807) is 30.4 Å². The number of likely N-dealkylation sites (tertiary alicyclic amines) is 1. The molecule has 0 bridgehead atoms. The van der Waals surface area contributed by atoms with E-state index >= 15 is 0 Å². The van der Waals surface area contributed by atoms with Gasteiger partial charge in [-0.05, 0) is 18.6 Å². The molecule has 2 atom stereocenters. The van der Waals surface area contributed by atoms with E-state index in [0.717, 1.165) is 0 Å². The van der Waals surface area contributed by atoms with Gasteiger partial charge in [0.1, 0.15) is 5.76 Å². The Hall–Kier alpha value is -1.86. The van der Waals surface area contributed by atoms with Crippen LogP contribution < -0.4 is 11.1 Å². The van der Waals surface area contributed by atoms with Crippen LogP contribution in [0.15, 0.2) is 22.8 Å². The number of nitrogens with one attached hydrogen (secondary N) is 1. The summed E-state index contributed by atoms with van der Waals surface area (Å²) in [5.41, 5.74) is 5.35. The first-order valence-corrected chi connectivity index (χ1v) is 6.45. The molecule has 2 amide bonds. The van der Waals surface area contributed by atoms with Gasteiger partial charge in [-0.1, -0.05) is 0 Å². The molecule has 2 rings (SSSR count). The molecule has 0 aliphatic carbocycles. The lowest BCUT2D eigenvalue weighted by Crippen LogP contribution is -2.45. The fraction of sp³-hybridized carbons (Fsp3) is 0.538. The lowest BCUT2D eigenvalue weighted by molar-refractivity contribution is -0.125. The van der Waals surface area contributed by atoms with Gasteiger partial charge in [0.25, 0.3) is 0 Å². The molecule has 1 aromatic rings. The van der Waals surface area contributed by atoms with E-state index in [1.165, 1.54) is 0 Å². The number of hydrogen-bond donors (Lipinski definition) is 2. The summed E-state index contributed by atoms with van der Waals surface area (Å²) in [5.74, 6) is 0.0776. The monoisotopic (exact) mass is 281 g/mol. The van der Waals surface area contributed by atoms with Crippen molar-refractivity contribution in [3.05, 3.63) is 24.2 Å². The zero-order chi connectivity index (χ0) is 14.5. The van der Waals surface area contributed by atoms with Crippen LogP contribution in [0.4, 0.5) is 0 Å². The first kappa shape index (κ1) is 14.5. The second kappa shape index (κ2) is 6.53. The maximum atomic E-state index is 11.9. The van der Waals surface area contributed by atoms with Crippen LogP contribution in [0, 0.1) is 0 Å². The van der Waals surface area contributed by atoms with Gasteiger partial charge >= 0.3 is 0 Å². The second-order valence-electron chi connectivity index (χ2n) is 4.80. The Morgan fingerprint density at radius 3 is 3.00 bits per heavy atom. The number of rotatable bonds is 6. The van der Waals surface area contributed by atoms with Crippen LogP contribution >= 0.6 is 0 Å². The molecule has 0 saturated carbocycles. The van der Waals surface area contributed by atoms with Gasteiger partial charge in [-0.25, -0.2) is 0 Å². The number of methoxy groups -OCH3 is 1. The molecule has 1 aromatic heterocycles. The van der Waals surface area contributed by atoms with Crippen molar-refractivity contribution in [1.82, 2.24) is 10.2 Å². The molecule has 3 N–H and O–H groups in total. The predicted molar refractivity (Wildman–Crippen MR) is 70.5 cm³/mol. The number of carbonyl (C=O) groups excluding carboxylic acids is 2. The maximum absolute atomic E-state index is 11.9. The highest BCUT2D eigenvalue weighted by Crippen LogP contribution is 2.19. The minimum absolute atomic E-state index is 0.0645. The Balaban J connectivity index is 1.84. The van der Waals surface area contributed by atoms with Crippen molar-refractivity contribution in [1.29, 1.82) is 0 Å². The van der Waals surface area contributed by atoms with Crippen molar-refractivity contribution in [2.75, 3.05) is 20.2 Å². The largest absolute Gasteiger partial charge is 0.467 e. The third-order valence-corrected chi connectivity index (χ3v) is 3.41. The Morgan fingerprint density at radius 1 is 1.60 bits per heavy atom. The van der Waals surface area contributed by atoms with Gasteiger partial charge < -0.3 is 20.2 Å². The molecule has 20 heavy (non-hydrogen) atoms. The van der Waals surface area contributed by atoms with Crippen LogP contribution in [0.5, 0.6) is 0 Å². The van der Waals surface area contributed by atoms with Gasteiger partial charge in [-0.3, -0.25) is 14.5 Å². The van der Waals surface area contributed by atoms with E-state index in [-0.39, 0.29) is 18.6 Å². The minimum atomic E-state index is -0.450. The smallest absolute Gasteiger partial charge is 0.234 e. The predicted octanol–water partition coefficient (Wildman–Crippen LogP) is -0.530. The van der Waals surface area contributed by atoms with Crippen LogP contribution in [0.1, 0.15) is 12.2 Å². The normalized spacial score (nSPS) is 22.9. The highest BCUT2D eigenvalue weighted by molar-refractivity contribution is 5.82. The topological polar surface area (TPSA) is 97.8 Å². The van der Waals surface area contributed by atoms with Crippen molar-refractivity contribution >= 4 is 11.8 Å². The molecule has 1 aliphatic rings. The van der Waals surface area contributed by atoms with Crippen LogP contribution in [0.25, 0.3) is 0 Å². The van der Waals surface area contributed by atoms with Gasteiger partial charge in [0.2, 0.25) is 11.8 Å². The number of carbonyl (C=O) groups is 2. The molecular formula is C13H19N3O4. The number of nitrogens with two attached hydrogens (primary N) is 1. The highest BCUT2D eigenvalue weighted by atomic mass is 16.5. The van der Waals surface area contributed by atoms with E-state index in [9.17, 15) is 9.59 Å². The molecule has 2 heterocycles. The average Bonchev–Trinajstić information content (AvgIpc) is 3.05. The summed E-state index contributed by atoms with van der Waals surface area (Å²) in [7, 11) is 1.59. The van der Waals surface area contributed by atoms with E-state index in [0.29, 0.717) is 25.3 Å². The van der Waals surface area contributed by atoms with Gasteiger partial charge in [-0.15, -0.1) is 0 Å². The lowest BCUT2D eigenvalue weighted by atomic mass is 10.2. The molecule has 7 heteroatoms. The van der Waals surface area contributed by atoms with Gasteiger partial charge in [0.05, 0.1) is 31.5 Å². The fourth-order valence-electron chi connectivity index (χ4n) is 2.34. The lowest BCUT2D eigenvalue weighted by Gasteiger charge is -2.20. The number of ether oxygens (including phenoxy) is 1. The van der Waals surface area contributed by atoms with Crippen LogP contribution in [0.3, 0.4) is 0 Å². The Morgan fingerprint density at radius 2 is 2.40 bits per heavy atom. The summed E-state index contributed by atoms with van der Waals surface area (Å²) >= 11 is 0. The van der Waals surface area contributed by atoms with Gasteiger partial charge in [-0.2, -0.15) is 0 Å². The van der Waals surface area contributed by atoms with Crippen LogP contribution in [-0.2, 0) is 20.9 Å². The molecule has 1 saturated heterocycles. The van der Waals surface area contributed by atoms with E-state index in [4.69, 9.17) is 14.9 Å². The standard InChI is InChI=1S/C13H19N3O4/c1-19-10-5-11(13(14)18)16(7-10)8-12(17)15-6-9-3-2-4-20-9/h2-4,10-11H,5-8H2,1H3,(H2,14,18)(H,15,17)/t10-,11-/m0/s1. The summed E-state index contributed by atoms with van der Waals surface area (Å²) < 4.78 is 10.4. The average molecular weight is 281 g/mol. The third kappa shape index (κ3) is 3.58. The SMILES string of the molecule is CO[C@H]1C[C@@H](C(N)=O)N(CC(=O)NCc2ccco2)C1. The molecule has 110 valence electrons. The molecule has 0 radical (unpaired) electrons. The molecule has 0 unspecified atom stereocenters. The Labute approximate surface area is 117 Å². The summed E-state index contributed by atoms with van der Waals surface area (Å²) in [6, 6.07) is 3.09. The van der Waals surface area contributed by atoms with Gasteiger partial charge in [0.15, 0.2) is 0 Å². The minimum Gasteiger partial charge on any atom is -0.467 e. The molecule has 0 spiro atoms. The summed E-state index contributed by atoms with van der Waals surface area (Å²) in [6.07, 6.45) is 2.01. The maximum Gasteiger partial charge on any atom is 0.234 e. The van der Waals surface area contributed by atoms with Crippen molar-refractivity contribution < 1.29 is 18.7 Å². The second-order valence-corrected chi connectivity index (χ2v) is 4.80. The zero-order valence-corrected chi connectivity index (χ0v) is 11.4. The fourth-order valence-corrected chi connectivity index (χ4v) is 2.34. The third-order valence-electron chi connectivity index (χ3n) is 3.41. The van der Waals surface area contributed by atoms with E-state index < -0.39 is 11.9 Å². The van der Waals surface area contributed by atoms with E-state index in [2.05, 4.69) is 5.32 Å². The summed E-state index contributed by atoms with van der Waals surface area (Å²) in [6.45, 7) is 0.973. The highest BCUT2D eigenvalue weighted by Gasteiger charge is 2.36. The number of furan rings is 1. The first-order chi connectivity index (χ1) is 9.60. The van der Waals surface area contributed by atoms with Crippen molar-refractivity contribution in [2.45, 2.75) is 25.1 Å². The summed E-state index contributed by atoms with van der Waals surface area (Å²) in [4.78, 5) is 25.0. The molecule has 0 aromatic carbocycles. The molecule has 7 nitrogen and oxygen atoms in total. The molecular weight excluding hydrogens is 262 g/mol. The number of nitrogens with zero attached hydrogens (tertiary/aromatic N) is 1. The van der Waals surface area contributed by atoms with Crippen molar-refractivity contribution in [3.8, 4) is 0 Å². The van der Waals surface area contributed by atoms with Crippen LogP contribution in [-0.4, -0.2) is 49.1 Å². The van der Waals surface area contributed by atoms with Crippen molar-refractivity contribution in [3.63, 3.8) is 0 Å². The van der Waals surface area contributed by atoms with Gasteiger partial charge in [0, 0.05) is 13.7 Å². The Kier molecular flexibility index (Phi) is 4.75. The molecule has 1 aliphatic heterocycles. The zero-order valence-electron chi connectivity index (χ0n) is 11.4. The first-order valence-electron chi connectivity index (χ1n) is 6.45.